The lowest BCUT2D eigenvalue weighted by Crippen LogP contribution is -2.51. The topological polar surface area (TPSA) is 41.1 Å². The van der Waals surface area contributed by atoms with E-state index in [-0.39, 0.29) is 10.7 Å². The lowest BCUT2D eigenvalue weighted by molar-refractivity contribution is -0.124. The molecule has 0 radical (unpaired) electrons. The molecule has 1 amide bonds. The maximum atomic E-state index is 13.0. The van der Waals surface area contributed by atoms with Gasteiger partial charge in [-0.05, 0) is 51.3 Å². The van der Waals surface area contributed by atoms with Crippen LogP contribution in [0.3, 0.4) is 0 Å². The van der Waals surface area contributed by atoms with Crippen molar-refractivity contribution in [2.24, 2.45) is 0 Å². The fourth-order valence-corrected chi connectivity index (χ4v) is 5.00. The number of rotatable bonds is 4. The predicted molar refractivity (Wildman–Crippen MR) is 92.1 cm³/mol. The zero-order valence-electron chi connectivity index (χ0n) is 13.3. The van der Waals surface area contributed by atoms with Gasteiger partial charge in [0.2, 0.25) is 5.91 Å². The highest BCUT2D eigenvalue weighted by Gasteiger charge is 2.43. The van der Waals surface area contributed by atoms with E-state index in [0.29, 0.717) is 12.1 Å². The number of thioether (sulfide) groups is 1. The Bertz CT molecular complexity index is 499. The van der Waals surface area contributed by atoms with E-state index >= 15 is 0 Å². The molecule has 22 heavy (non-hydrogen) atoms. The Morgan fingerprint density at radius 3 is 2.68 bits per heavy atom. The number of benzene rings is 1. The molecule has 0 bridgehead atoms. The van der Waals surface area contributed by atoms with Gasteiger partial charge in [-0.1, -0.05) is 31.0 Å². The summed E-state index contributed by atoms with van der Waals surface area (Å²) in [6.45, 7) is 3.20. The molecule has 1 aromatic rings. The quantitative estimate of drug-likeness (QED) is 0.894. The number of piperidine rings is 1. The Hall–Kier alpha value is -1.00. The summed E-state index contributed by atoms with van der Waals surface area (Å²) in [5.41, 5.74) is 0. The van der Waals surface area contributed by atoms with Crippen LogP contribution in [-0.4, -0.2) is 29.3 Å². The summed E-state index contributed by atoms with van der Waals surface area (Å²) in [5, 5.41) is 6.80. The molecule has 3 rings (SSSR count). The van der Waals surface area contributed by atoms with E-state index in [1.807, 2.05) is 6.07 Å². The average molecular weight is 318 g/mol. The molecular formula is C18H26N2OS. The zero-order valence-corrected chi connectivity index (χ0v) is 14.1. The van der Waals surface area contributed by atoms with Crippen LogP contribution >= 0.6 is 11.8 Å². The number of carbonyl (C=O) groups excluding carboxylic acids is 1. The van der Waals surface area contributed by atoms with Crippen molar-refractivity contribution < 1.29 is 4.79 Å². The van der Waals surface area contributed by atoms with Gasteiger partial charge in [0.15, 0.2) is 0 Å². The zero-order chi connectivity index (χ0) is 15.4. The smallest absolute Gasteiger partial charge is 0.236 e. The van der Waals surface area contributed by atoms with Gasteiger partial charge in [0, 0.05) is 17.0 Å². The Morgan fingerprint density at radius 1 is 1.27 bits per heavy atom. The van der Waals surface area contributed by atoms with Gasteiger partial charge in [0.25, 0.3) is 0 Å². The van der Waals surface area contributed by atoms with E-state index in [4.69, 9.17) is 0 Å². The molecule has 2 fully saturated rings. The van der Waals surface area contributed by atoms with Crippen LogP contribution in [0, 0.1) is 0 Å². The lowest BCUT2D eigenvalue weighted by atomic mass is 9.98. The predicted octanol–water partition coefficient (Wildman–Crippen LogP) is 3.35. The summed E-state index contributed by atoms with van der Waals surface area (Å²) < 4.78 is -0.254. The monoisotopic (exact) mass is 318 g/mol. The highest BCUT2D eigenvalue weighted by molar-refractivity contribution is 8.01. The molecule has 1 aliphatic heterocycles. The minimum Gasteiger partial charge on any atom is -0.352 e. The number of hydrogen-bond acceptors (Lipinski definition) is 3. The van der Waals surface area contributed by atoms with Crippen LogP contribution in [0.4, 0.5) is 0 Å². The minimum absolute atomic E-state index is 0.254. The Balaban J connectivity index is 1.68. The molecule has 2 atom stereocenters. The Morgan fingerprint density at radius 2 is 2.00 bits per heavy atom. The number of nitrogens with one attached hydrogen (secondary N) is 2. The summed E-state index contributed by atoms with van der Waals surface area (Å²) in [6, 6.07) is 11.2. The second kappa shape index (κ2) is 7.05. The van der Waals surface area contributed by atoms with Gasteiger partial charge in [0.1, 0.15) is 0 Å². The summed E-state index contributed by atoms with van der Waals surface area (Å²) in [6.07, 6.45) is 6.41. The van der Waals surface area contributed by atoms with Gasteiger partial charge in [-0.25, -0.2) is 0 Å². The minimum atomic E-state index is -0.254. The van der Waals surface area contributed by atoms with Crippen LogP contribution < -0.4 is 10.6 Å². The molecular weight excluding hydrogens is 292 g/mol. The number of carbonyl (C=O) groups is 1. The highest BCUT2D eigenvalue weighted by Crippen LogP contribution is 2.45. The maximum Gasteiger partial charge on any atom is 0.236 e. The molecule has 2 N–H and O–H groups in total. The molecule has 1 aliphatic carbocycles. The van der Waals surface area contributed by atoms with Crippen molar-refractivity contribution in [2.75, 3.05) is 6.54 Å². The van der Waals surface area contributed by atoms with Crippen molar-refractivity contribution >= 4 is 17.7 Å². The van der Waals surface area contributed by atoms with Gasteiger partial charge in [-0.15, -0.1) is 11.8 Å². The number of amides is 1. The van der Waals surface area contributed by atoms with Crippen molar-refractivity contribution in [3.05, 3.63) is 30.3 Å². The van der Waals surface area contributed by atoms with Crippen molar-refractivity contribution in [3.63, 3.8) is 0 Å². The van der Waals surface area contributed by atoms with Crippen molar-refractivity contribution in [1.82, 2.24) is 10.6 Å². The largest absolute Gasteiger partial charge is 0.352 e. The first kappa shape index (κ1) is 15.9. The molecule has 1 saturated heterocycles. The van der Waals surface area contributed by atoms with Gasteiger partial charge >= 0.3 is 0 Å². The van der Waals surface area contributed by atoms with Crippen LogP contribution in [0.1, 0.15) is 45.4 Å². The molecule has 4 heteroatoms. The fraction of sp³-hybridized carbons (Fsp3) is 0.611. The second-order valence-corrected chi connectivity index (χ2v) is 8.12. The third-order valence-electron chi connectivity index (χ3n) is 4.84. The lowest BCUT2D eigenvalue weighted by Gasteiger charge is -2.33. The number of hydrogen-bond donors (Lipinski definition) is 2. The molecule has 2 aliphatic rings. The van der Waals surface area contributed by atoms with Crippen LogP contribution in [0.25, 0.3) is 0 Å². The molecule has 1 heterocycles. The molecule has 2 unspecified atom stereocenters. The first-order valence-corrected chi connectivity index (χ1v) is 9.28. The normalized spacial score (nSPS) is 27.5. The van der Waals surface area contributed by atoms with E-state index in [2.05, 4.69) is 41.8 Å². The van der Waals surface area contributed by atoms with Crippen molar-refractivity contribution in [2.45, 2.75) is 67.2 Å². The van der Waals surface area contributed by atoms with Gasteiger partial charge in [-0.2, -0.15) is 0 Å². The molecule has 0 spiro atoms. The van der Waals surface area contributed by atoms with Crippen LogP contribution in [-0.2, 0) is 4.79 Å². The Labute approximate surface area is 137 Å². The van der Waals surface area contributed by atoms with Crippen molar-refractivity contribution in [1.29, 1.82) is 0 Å². The highest BCUT2D eigenvalue weighted by atomic mass is 32.2. The maximum absolute atomic E-state index is 13.0. The van der Waals surface area contributed by atoms with E-state index in [0.717, 1.165) is 45.1 Å². The summed E-state index contributed by atoms with van der Waals surface area (Å²) >= 11 is 1.77. The summed E-state index contributed by atoms with van der Waals surface area (Å²) in [7, 11) is 0. The van der Waals surface area contributed by atoms with E-state index < -0.39 is 0 Å². The van der Waals surface area contributed by atoms with E-state index in [1.54, 1.807) is 11.8 Å². The van der Waals surface area contributed by atoms with Gasteiger partial charge in [-0.3, -0.25) is 4.79 Å². The van der Waals surface area contributed by atoms with Crippen molar-refractivity contribution in [3.8, 4) is 0 Å². The molecule has 0 aromatic heterocycles. The molecule has 1 aromatic carbocycles. The van der Waals surface area contributed by atoms with E-state index in [1.165, 1.54) is 4.90 Å². The second-order valence-electron chi connectivity index (χ2n) is 6.67. The third-order valence-corrected chi connectivity index (χ3v) is 6.33. The molecule has 120 valence electrons. The van der Waals surface area contributed by atoms with E-state index in [9.17, 15) is 4.79 Å². The van der Waals surface area contributed by atoms with Crippen LogP contribution in [0.2, 0.25) is 0 Å². The van der Waals surface area contributed by atoms with Gasteiger partial charge < -0.3 is 10.6 Å². The molecule has 1 saturated carbocycles. The summed E-state index contributed by atoms with van der Waals surface area (Å²) in [5.74, 6) is 0.262. The van der Waals surface area contributed by atoms with Crippen LogP contribution in [0.15, 0.2) is 35.2 Å². The molecule has 3 nitrogen and oxygen atoms in total. The Kier molecular flexibility index (Phi) is 5.09. The SMILES string of the molecule is CC1CC(NC(=O)C2(Sc3ccccc3)CCCC2)CCN1. The first-order valence-electron chi connectivity index (χ1n) is 8.46. The standard InChI is InChI=1S/C18H26N2OS/c1-14-13-15(9-12-19-14)20-17(21)18(10-5-6-11-18)22-16-7-3-2-4-8-16/h2-4,7-8,14-15,19H,5-6,9-13H2,1H3,(H,20,21). The third kappa shape index (κ3) is 3.66. The van der Waals surface area contributed by atoms with Crippen LogP contribution in [0.5, 0.6) is 0 Å². The fourth-order valence-electron chi connectivity index (χ4n) is 3.62. The first-order chi connectivity index (χ1) is 10.7. The average Bonchev–Trinajstić information content (AvgIpc) is 2.98. The van der Waals surface area contributed by atoms with Gasteiger partial charge in [0.05, 0.1) is 4.75 Å². The summed E-state index contributed by atoms with van der Waals surface area (Å²) in [4.78, 5) is 14.2.